The summed E-state index contributed by atoms with van der Waals surface area (Å²) in [5.41, 5.74) is 0.693. The maximum atomic E-state index is 11.7. The second kappa shape index (κ2) is 6.04. The molecule has 0 radical (unpaired) electrons. The molecule has 2 rings (SSSR count). The molecule has 1 amide bonds. The van der Waals surface area contributed by atoms with Crippen LogP contribution >= 0.6 is 11.5 Å². The molecule has 0 spiro atoms. The summed E-state index contributed by atoms with van der Waals surface area (Å²) in [5.74, 6) is -0.0780. The zero-order valence-electron chi connectivity index (χ0n) is 9.81. The fraction of sp³-hybridized carbons (Fsp3) is 0.700. The van der Waals surface area contributed by atoms with Gasteiger partial charge in [0.25, 0.3) is 5.91 Å². The Morgan fingerprint density at radius 1 is 1.53 bits per heavy atom. The number of carbonyl (C=O) groups excluding carboxylic acids is 1. The lowest BCUT2D eigenvalue weighted by Gasteiger charge is -2.26. The summed E-state index contributed by atoms with van der Waals surface area (Å²) in [5, 5.41) is 6.70. The molecular weight excluding hydrogens is 240 g/mol. The van der Waals surface area contributed by atoms with Crippen LogP contribution in [0.5, 0.6) is 0 Å². The third-order valence-electron chi connectivity index (χ3n) is 2.68. The van der Waals surface area contributed by atoms with Gasteiger partial charge in [-0.3, -0.25) is 9.69 Å². The Kier molecular flexibility index (Phi) is 4.41. The molecule has 0 aliphatic carbocycles. The van der Waals surface area contributed by atoms with E-state index in [1.165, 1.54) is 0 Å². The summed E-state index contributed by atoms with van der Waals surface area (Å²) in [6, 6.07) is 0. The Morgan fingerprint density at radius 2 is 2.29 bits per heavy atom. The van der Waals surface area contributed by atoms with E-state index in [0.717, 1.165) is 44.4 Å². The molecule has 1 aromatic heterocycles. The Balaban J connectivity index is 1.71. The molecule has 0 bridgehead atoms. The first-order chi connectivity index (χ1) is 8.27. The molecular formula is C10H16N4O2S. The smallest absolute Gasteiger partial charge is 0.264 e. The monoisotopic (exact) mass is 256 g/mol. The maximum Gasteiger partial charge on any atom is 0.264 e. The quantitative estimate of drug-likeness (QED) is 0.815. The van der Waals surface area contributed by atoms with Gasteiger partial charge in [-0.1, -0.05) is 4.49 Å². The number of nitrogens with zero attached hydrogens (tertiary/aromatic N) is 3. The van der Waals surface area contributed by atoms with Gasteiger partial charge in [0.15, 0.2) is 0 Å². The zero-order valence-corrected chi connectivity index (χ0v) is 10.6. The van der Waals surface area contributed by atoms with Crippen molar-refractivity contribution >= 4 is 17.4 Å². The summed E-state index contributed by atoms with van der Waals surface area (Å²) >= 11 is 1.14. The van der Waals surface area contributed by atoms with Crippen molar-refractivity contribution in [2.75, 3.05) is 39.4 Å². The van der Waals surface area contributed by atoms with Gasteiger partial charge in [-0.25, -0.2) is 0 Å². The largest absolute Gasteiger partial charge is 0.379 e. The molecule has 1 aliphatic rings. The SMILES string of the molecule is Cc1nnsc1C(=O)NCCN1CCOCC1. The molecule has 1 aliphatic heterocycles. The predicted octanol–water partition coefficient (Wildman–Crippen LogP) is -0.0915. The number of nitrogens with one attached hydrogen (secondary N) is 1. The molecule has 2 heterocycles. The van der Waals surface area contributed by atoms with Crippen LogP contribution in [0.4, 0.5) is 0 Å². The normalized spacial score (nSPS) is 17.0. The topological polar surface area (TPSA) is 67.4 Å². The van der Waals surface area contributed by atoms with Gasteiger partial charge in [-0.05, 0) is 18.5 Å². The number of hydrogen-bond acceptors (Lipinski definition) is 6. The summed E-state index contributed by atoms with van der Waals surface area (Å²) in [6.45, 7) is 6.75. The van der Waals surface area contributed by atoms with Gasteiger partial charge < -0.3 is 10.1 Å². The Morgan fingerprint density at radius 3 is 2.94 bits per heavy atom. The summed E-state index contributed by atoms with van der Waals surface area (Å²) in [6.07, 6.45) is 0. The number of aryl methyl sites for hydroxylation is 1. The molecule has 0 saturated carbocycles. The van der Waals surface area contributed by atoms with Crippen molar-refractivity contribution in [3.05, 3.63) is 10.6 Å². The fourth-order valence-electron chi connectivity index (χ4n) is 1.67. The Hall–Kier alpha value is -1.05. The maximum absolute atomic E-state index is 11.7. The van der Waals surface area contributed by atoms with E-state index < -0.39 is 0 Å². The molecule has 94 valence electrons. The number of rotatable bonds is 4. The fourth-order valence-corrected chi connectivity index (χ4v) is 2.25. The molecule has 0 unspecified atom stereocenters. The van der Waals surface area contributed by atoms with Crippen molar-refractivity contribution in [2.45, 2.75) is 6.92 Å². The van der Waals surface area contributed by atoms with Crippen LogP contribution in [0.2, 0.25) is 0 Å². The van der Waals surface area contributed by atoms with Crippen LogP contribution < -0.4 is 5.32 Å². The minimum atomic E-state index is -0.0780. The third-order valence-corrected chi connectivity index (χ3v) is 3.50. The van der Waals surface area contributed by atoms with Gasteiger partial charge in [0, 0.05) is 26.2 Å². The number of ether oxygens (including phenoxy) is 1. The predicted molar refractivity (Wildman–Crippen MR) is 64.2 cm³/mol. The highest BCUT2D eigenvalue weighted by molar-refractivity contribution is 7.07. The van der Waals surface area contributed by atoms with Gasteiger partial charge in [0.2, 0.25) is 0 Å². The molecule has 1 fully saturated rings. The summed E-state index contributed by atoms with van der Waals surface area (Å²) in [7, 11) is 0. The van der Waals surface area contributed by atoms with Gasteiger partial charge in [0.05, 0.1) is 18.9 Å². The highest BCUT2D eigenvalue weighted by atomic mass is 32.1. The summed E-state index contributed by atoms with van der Waals surface area (Å²) < 4.78 is 9.00. The number of amides is 1. The van der Waals surface area contributed by atoms with Gasteiger partial charge in [0.1, 0.15) is 4.88 Å². The van der Waals surface area contributed by atoms with Crippen LogP contribution in [0.1, 0.15) is 15.4 Å². The van der Waals surface area contributed by atoms with E-state index in [1.54, 1.807) is 6.92 Å². The molecule has 0 atom stereocenters. The first-order valence-corrected chi connectivity index (χ1v) is 6.42. The lowest BCUT2D eigenvalue weighted by atomic mass is 10.3. The molecule has 7 heteroatoms. The van der Waals surface area contributed by atoms with E-state index in [9.17, 15) is 4.79 Å². The van der Waals surface area contributed by atoms with E-state index >= 15 is 0 Å². The van der Waals surface area contributed by atoms with E-state index in [0.29, 0.717) is 17.1 Å². The van der Waals surface area contributed by atoms with Crippen LogP contribution in [0.3, 0.4) is 0 Å². The van der Waals surface area contributed by atoms with E-state index in [4.69, 9.17) is 4.74 Å². The van der Waals surface area contributed by atoms with Crippen molar-refractivity contribution in [1.82, 2.24) is 19.8 Å². The molecule has 17 heavy (non-hydrogen) atoms. The van der Waals surface area contributed by atoms with Crippen molar-refractivity contribution < 1.29 is 9.53 Å². The van der Waals surface area contributed by atoms with Gasteiger partial charge in [-0.15, -0.1) is 5.10 Å². The van der Waals surface area contributed by atoms with Crippen LogP contribution in [-0.4, -0.2) is 59.8 Å². The number of carbonyl (C=O) groups is 1. The van der Waals surface area contributed by atoms with Gasteiger partial charge >= 0.3 is 0 Å². The summed E-state index contributed by atoms with van der Waals surface area (Å²) in [4.78, 5) is 14.6. The molecule has 1 N–H and O–H groups in total. The van der Waals surface area contributed by atoms with E-state index in [-0.39, 0.29) is 5.91 Å². The van der Waals surface area contributed by atoms with Crippen molar-refractivity contribution in [3.8, 4) is 0 Å². The third kappa shape index (κ3) is 3.45. The van der Waals surface area contributed by atoms with Crippen LogP contribution in [0.25, 0.3) is 0 Å². The average Bonchev–Trinajstić information content (AvgIpc) is 2.77. The number of morpholine rings is 1. The second-order valence-electron chi connectivity index (χ2n) is 3.90. The molecule has 6 nitrogen and oxygen atoms in total. The van der Waals surface area contributed by atoms with Crippen molar-refractivity contribution in [2.24, 2.45) is 0 Å². The Bertz CT molecular complexity index is 376. The minimum Gasteiger partial charge on any atom is -0.379 e. The van der Waals surface area contributed by atoms with E-state index in [2.05, 4.69) is 19.8 Å². The van der Waals surface area contributed by atoms with Crippen molar-refractivity contribution in [1.29, 1.82) is 0 Å². The molecule has 0 aromatic carbocycles. The highest BCUT2D eigenvalue weighted by Crippen LogP contribution is 2.08. The lowest BCUT2D eigenvalue weighted by molar-refractivity contribution is 0.0383. The van der Waals surface area contributed by atoms with E-state index in [1.807, 2.05) is 0 Å². The second-order valence-corrected chi connectivity index (χ2v) is 4.65. The van der Waals surface area contributed by atoms with Crippen LogP contribution in [0.15, 0.2) is 0 Å². The first kappa shape index (κ1) is 12.4. The van der Waals surface area contributed by atoms with Crippen LogP contribution in [0, 0.1) is 6.92 Å². The zero-order chi connectivity index (χ0) is 12.1. The minimum absolute atomic E-state index is 0.0780. The molecule has 1 saturated heterocycles. The number of aromatic nitrogens is 2. The average molecular weight is 256 g/mol. The number of hydrogen-bond donors (Lipinski definition) is 1. The first-order valence-electron chi connectivity index (χ1n) is 5.64. The lowest BCUT2D eigenvalue weighted by Crippen LogP contribution is -2.41. The van der Waals surface area contributed by atoms with Crippen molar-refractivity contribution in [3.63, 3.8) is 0 Å². The standard InChI is InChI=1S/C10H16N4O2S/c1-8-9(17-13-12-8)10(15)11-2-3-14-4-6-16-7-5-14/h2-7H2,1H3,(H,11,15). The highest BCUT2D eigenvalue weighted by Gasteiger charge is 2.14. The van der Waals surface area contributed by atoms with Gasteiger partial charge in [-0.2, -0.15) is 0 Å². The Labute approximate surface area is 104 Å². The molecule has 1 aromatic rings. The van der Waals surface area contributed by atoms with Crippen LogP contribution in [-0.2, 0) is 4.74 Å².